The first-order chi connectivity index (χ1) is 8.35. The topological polar surface area (TPSA) is 63.2 Å². The van der Waals surface area contributed by atoms with Gasteiger partial charge in [-0.1, -0.05) is 12.1 Å². The molecule has 0 fully saturated rings. The lowest BCUT2D eigenvalue weighted by Gasteiger charge is -2.18. The summed E-state index contributed by atoms with van der Waals surface area (Å²) in [5.74, 6) is -0.0755. The predicted molar refractivity (Wildman–Crippen MR) is 71.7 cm³/mol. The summed E-state index contributed by atoms with van der Waals surface area (Å²) in [6, 6.07) is 5.41. The van der Waals surface area contributed by atoms with E-state index in [1.807, 2.05) is 6.07 Å². The predicted octanol–water partition coefficient (Wildman–Crippen LogP) is 1.90. The van der Waals surface area contributed by atoms with E-state index in [2.05, 4.69) is 5.32 Å². The van der Waals surface area contributed by atoms with Crippen molar-refractivity contribution in [2.75, 3.05) is 17.3 Å². The molecule has 18 heavy (non-hydrogen) atoms. The van der Waals surface area contributed by atoms with Gasteiger partial charge in [-0.3, -0.25) is 4.79 Å². The van der Waals surface area contributed by atoms with Gasteiger partial charge in [0, 0.05) is 18.4 Å². The molecule has 1 aliphatic rings. The minimum Gasteiger partial charge on any atom is -0.326 e. The Morgan fingerprint density at radius 1 is 1.39 bits per heavy atom. The third-order valence-electron chi connectivity index (χ3n) is 2.84. The summed E-state index contributed by atoms with van der Waals surface area (Å²) >= 11 is 6.10. The summed E-state index contributed by atoms with van der Waals surface area (Å²) in [6.07, 6.45) is 2.29. The Morgan fingerprint density at radius 3 is 2.78 bits per heavy atom. The summed E-state index contributed by atoms with van der Waals surface area (Å²) in [5, 5.41) is 2.22. The molecule has 0 aromatic heterocycles. The third kappa shape index (κ3) is 3.23. The lowest BCUT2D eigenvalue weighted by atomic mass is 9.99. The molecule has 1 aromatic rings. The van der Waals surface area contributed by atoms with E-state index >= 15 is 0 Å². The fourth-order valence-corrected chi connectivity index (χ4v) is 3.51. The van der Waals surface area contributed by atoms with E-state index < -0.39 is 15.2 Å². The van der Waals surface area contributed by atoms with Crippen molar-refractivity contribution in [3.63, 3.8) is 0 Å². The molecule has 6 heteroatoms. The van der Waals surface area contributed by atoms with Gasteiger partial charge >= 0.3 is 0 Å². The molecule has 4 nitrogen and oxygen atoms in total. The van der Waals surface area contributed by atoms with Gasteiger partial charge < -0.3 is 5.32 Å². The van der Waals surface area contributed by atoms with Gasteiger partial charge in [-0.15, -0.1) is 11.6 Å². The number of aryl methyl sites for hydroxylation is 1. The van der Waals surface area contributed by atoms with Gasteiger partial charge in [0.1, 0.15) is 9.84 Å². The zero-order valence-corrected chi connectivity index (χ0v) is 11.5. The molecule has 0 saturated carbocycles. The molecule has 1 aromatic carbocycles. The van der Waals surface area contributed by atoms with E-state index in [0.29, 0.717) is 12.8 Å². The average Bonchev–Trinajstić information content (AvgIpc) is 2.26. The minimum absolute atomic E-state index is 0.00816. The number of hydrogen-bond acceptors (Lipinski definition) is 3. The number of amides is 1. The van der Waals surface area contributed by atoms with Crippen LogP contribution in [0.25, 0.3) is 0 Å². The van der Waals surface area contributed by atoms with Crippen molar-refractivity contribution in [3.8, 4) is 0 Å². The number of hydrogen-bond donors (Lipinski definition) is 1. The average molecular weight is 288 g/mol. The molecule has 1 aliphatic heterocycles. The first kappa shape index (κ1) is 13.4. The highest BCUT2D eigenvalue weighted by molar-refractivity contribution is 7.90. The van der Waals surface area contributed by atoms with Crippen molar-refractivity contribution >= 4 is 33.0 Å². The minimum atomic E-state index is -3.10. The molecular weight excluding hydrogens is 274 g/mol. The van der Waals surface area contributed by atoms with Crippen molar-refractivity contribution in [2.24, 2.45) is 0 Å². The van der Waals surface area contributed by atoms with Gasteiger partial charge in [0.2, 0.25) is 5.91 Å². The zero-order valence-electron chi connectivity index (χ0n) is 9.94. The van der Waals surface area contributed by atoms with Crippen LogP contribution in [0, 0.1) is 0 Å². The lowest BCUT2D eigenvalue weighted by molar-refractivity contribution is -0.116. The van der Waals surface area contributed by atoms with Crippen LogP contribution in [0.5, 0.6) is 0 Å². The van der Waals surface area contributed by atoms with Crippen molar-refractivity contribution in [1.29, 1.82) is 0 Å². The molecule has 0 aliphatic carbocycles. The molecule has 1 N–H and O–H groups in total. The van der Waals surface area contributed by atoms with Crippen molar-refractivity contribution in [2.45, 2.75) is 18.2 Å². The summed E-state index contributed by atoms with van der Waals surface area (Å²) < 4.78 is 22.4. The maximum Gasteiger partial charge on any atom is 0.224 e. The normalized spacial score (nSPS) is 16.9. The second kappa shape index (κ2) is 4.90. The van der Waals surface area contributed by atoms with Crippen LogP contribution in [0.15, 0.2) is 18.2 Å². The van der Waals surface area contributed by atoms with Crippen LogP contribution < -0.4 is 5.32 Å². The number of carbonyl (C=O) groups is 1. The van der Waals surface area contributed by atoms with Crippen LogP contribution in [0.1, 0.15) is 22.9 Å². The Hall–Kier alpha value is -1.07. The SMILES string of the molecule is CS(=O)(=O)CC(Cl)c1ccc2c(c1)CCC(=O)N2. The quantitative estimate of drug-likeness (QED) is 0.864. The number of nitrogens with one attached hydrogen (secondary N) is 1. The number of anilines is 1. The molecule has 1 heterocycles. The maximum absolute atomic E-state index is 11.2. The molecule has 0 bridgehead atoms. The number of carbonyl (C=O) groups excluding carboxylic acids is 1. The second-order valence-electron chi connectivity index (χ2n) is 4.52. The molecular formula is C12H14ClNO3S. The highest BCUT2D eigenvalue weighted by atomic mass is 35.5. The van der Waals surface area contributed by atoms with Crippen LogP contribution in [-0.4, -0.2) is 26.3 Å². The summed E-state index contributed by atoms with van der Waals surface area (Å²) in [6.45, 7) is 0. The van der Waals surface area contributed by atoms with Crippen LogP contribution in [0.2, 0.25) is 0 Å². The van der Waals surface area contributed by atoms with Crippen molar-refractivity contribution in [1.82, 2.24) is 0 Å². The molecule has 0 saturated heterocycles. The standard InChI is InChI=1S/C12H14ClNO3S/c1-18(16,17)7-10(13)8-2-4-11-9(6-8)3-5-12(15)14-11/h2,4,6,10H,3,5,7H2,1H3,(H,14,15). The Kier molecular flexibility index (Phi) is 3.64. The van der Waals surface area contributed by atoms with E-state index in [4.69, 9.17) is 11.6 Å². The van der Waals surface area contributed by atoms with Gasteiger partial charge in [0.15, 0.2) is 0 Å². The van der Waals surface area contributed by atoms with Gasteiger partial charge in [0.25, 0.3) is 0 Å². The second-order valence-corrected chi connectivity index (χ2v) is 7.24. The highest BCUT2D eigenvalue weighted by Crippen LogP contribution is 2.29. The largest absolute Gasteiger partial charge is 0.326 e. The van der Waals surface area contributed by atoms with Crippen molar-refractivity contribution in [3.05, 3.63) is 29.3 Å². The van der Waals surface area contributed by atoms with Crippen molar-refractivity contribution < 1.29 is 13.2 Å². The third-order valence-corrected chi connectivity index (χ3v) is 4.36. The zero-order chi connectivity index (χ0) is 13.3. The van der Waals surface area contributed by atoms with E-state index in [-0.39, 0.29) is 11.7 Å². The first-order valence-electron chi connectivity index (χ1n) is 5.59. The Morgan fingerprint density at radius 2 is 2.11 bits per heavy atom. The van der Waals surface area contributed by atoms with Gasteiger partial charge in [0.05, 0.1) is 11.1 Å². The van der Waals surface area contributed by atoms with E-state index in [1.54, 1.807) is 12.1 Å². The first-order valence-corrected chi connectivity index (χ1v) is 8.09. The molecule has 1 amide bonds. The number of alkyl halides is 1. The van der Waals surface area contributed by atoms with Gasteiger partial charge in [-0.2, -0.15) is 0 Å². The van der Waals surface area contributed by atoms with Crippen LogP contribution >= 0.6 is 11.6 Å². The fraction of sp³-hybridized carbons (Fsp3) is 0.417. The lowest BCUT2D eigenvalue weighted by Crippen LogP contribution is -2.19. The van der Waals surface area contributed by atoms with Gasteiger partial charge in [-0.05, 0) is 23.6 Å². The van der Waals surface area contributed by atoms with E-state index in [1.165, 1.54) is 6.26 Å². The Labute approximate surface area is 111 Å². The fourth-order valence-electron chi connectivity index (χ4n) is 1.96. The van der Waals surface area contributed by atoms with Crippen LogP contribution in [-0.2, 0) is 21.1 Å². The number of sulfone groups is 1. The number of benzene rings is 1. The summed E-state index contributed by atoms with van der Waals surface area (Å²) in [4.78, 5) is 11.2. The summed E-state index contributed by atoms with van der Waals surface area (Å²) in [5.41, 5.74) is 2.57. The number of rotatable bonds is 3. The molecule has 0 spiro atoms. The highest BCUT2D eigenvalue weighted by Gasteiger charge is 2.19. The number of fused-ring (bicyclic) bond motifs is 1. The maximum atomic E-state index is 11.2. The molecule has 1 unspecified atom stereocenters. The molecule has 0 radical (unpaired) electrons. The van der Waals surface area contributed by atoms with E-state index in [0.717, 1.165) is 16.8 Å². The summed E-state index contributed by atoms with van der Waals surface area (Å²) in [7, 11) is -3.10. The Balaban J connectivity index is 2.24. The van der Waals surface area contributed by atoms with Crippen LogP contribution in [0.3, 0.4) is 0 Å². The Bertz CT molecular complexity index is 583. The molecule has 1 atom stereocenters. The monoisotopic (exact) mass is 287 g/mol. The van der Waals surface area contributed by atoms with Gasteiger partial charge in [-0.25, -0.2) is 8.42 Å². The number of halogens is 1. The van der Waals surface area contributed by atoms with E-state index in [9.17, 15) is 13.2 Å². The smallest absolute Gasteiger partial charge is 0.224 e. The molecule has 2 rings (SSSR count). The van der Waals surface area contributed by atoms with Crippen LogP contribution in [0.4, 0.5) is 5.69 Å². The molecule has 98 valence electrons.